The van der Waals surface area contributed by atoms with Crippen molar-refractivity contribution < 1.29 is 15.3 Å². The summed E-state index contributed by atoms with van der Waals surface area (Å²) in [5.41, 5.74) is 0. The van der Waals surface area contributed by atoms with Crippen LogP contribution in [-0.2, 0) is 4.74 Å². The summed E-state index contributed by atoms with van der Waals surface area (Å²) in [5, 5.41) is 7.94. The van der Waals surface area contributed by atoms with Crippen molar-refractivity contribution in [3.63, 3.8) is 0 Å². The van der Waals surface area contributed by atoms with Gasteiger partial charge in [-0.1, -0.05) is 0 Å². The van der Waals surface area contributed by atoms with E-state index in [4.69, 9.17) is 5.11 Å². The van der Waals surface area contributed by atoms with E-state index in [-0.39, 0.29) is 61.0 Å². The molecule has 0 heterocycles. The summed E-state index contributed by atoms with van der Waals surface area (Å²) in [4.78, 5) is 0. The van der Waals surface area contributed by atoms with Gasteiger partial charge in [-0.25, -0.2) is 0 Å². The van der Waals surface area contributed by atoms with Crippen molar-refractivity contribution in [2.45, 2.75) is 0 Å². The van der Waals surface area contributed by atoms with Crippen molar-refractivity contribution in [1.82, 2.24) is 0 Å². The molecule has 0 aliphatic rings. The van der Waals surface area contributed by atoms with Crippen LogP contribution in [0.25, 0.3) is 0 Å². The molecule has 0 saturated carbocycles. The van der Waals surface area contributed by atoms with Crippen molar-refractivity contribution in [3.05, 3.63) is 0 Å². The first-order valence-electron chi connectivity index (χ1n) is 1.51. The molecule has 0 aromatic carbocycles. The fourth-order valence-corrected chi connectivity index (χ4v) is 0.0913. The zero-order chi connectivity index (χ0) is 4.12. The standard InChI is InChI=1S/C3H8O2.Ba.H2O.2H/c1-5-3-2-4;;;;/h4H,2-3H2,1H3;;1H2;;. The van der Waals surface area contributed by atoms with Crippen molar-refractivity contribution in [2.75, 3.05) is 20.3 Å². The van der Waals surface area contributed by atoms with E-state index < -0.39 is 0 Å². The van der Waals surface area contributed by atoms with Gasteiger partial charge in [0.25, 0.3) is 0 Å². The van der Waals surface area contributed by atoms with Gasteiger partial charge in [-0.2, -0.15) is 0 Å². The molecule has 3 N–H and O–H groups in total. The predicted octanol–water partition coefficient (Wildman–Crippen LogP) is -2.12. The van der Waals surface area contributed by atoms with Gasteiger partial charge in [0.05, 0.1) is 13.2 Å². The van der Waals surface area contributed by atoms with Crippen LogP contribution >= 0.6 is 0 Å². The van der Waals surface area contributed by atoms with Gasteiger partial charge in [0.15, 0.2) is 0 Å². The molecule has 0 aliphatic heterocycles. The van der Waals surface area contributed by atoms with E-state index in [0.29, 0.717) is 6.61 Å². The summed E-state index contributed by atoms with van der Waals surface area (Å²) in [6.45, 7) is 0.566. The molecule has 0 amide bonds. The van der Waals surface area contributed by atoms with Gasteiger partial charge in [0.1, 0.15) is 0 Å². The summed E-state index contributed by atoms with van der Waals surface area (Å²) in [6, 6.07) is 0. The van der Waals surface area contributed by atoms with Gasteiger partial charge in [-0.15, -0.1) is 0 Å². The zero-order valence-corrected chi connectivity index (χ0v) is 3.77. The van der Waals surface area contributed by atoms with E-state index in [0.717, 1.165) is 0 Å². The van der Waals surface area contributed by atoms with Crippen molar-refractivity contribution in [1.29, 1.82) is 0 Å². The molecule has 0 bridgehead atoms. The minimum absolute atomic E-state index is 0. The van der Waals surface area contributed by atoms with Crippen LogP contribution in [0.15, 0.2) is 0 Å². The quantitative estimate of drug-likeness (QED) is 0.555. The van der Waals surface area contributed by atoms with Crippen LogP contribution in [0.2, 0.25) is 0 Å². The van der Waals surface area contributed by atoms with Gasteiger partial charge in [0.2, 0.25) is 0 Å². The summed E-state index contributed by atoms with van der Waals surface area (Å²) in [5.74, 6) is 0. The molecular formula is C3H12BaO3. The van der Waals surface area contributed by atoms with Crippen LogP contribution in [-0.4, -0.2) is 79.8 Å². The van der Waals surface area contributed by atoms with Crippen molar-refractivity contribution >= 4 is 48.9 Å². The van der Waals surface area contributed by atoms with Crippen LogP contribution in [0.5, 0.6) is 0 Å². The molecule has 0 aromatic rings. The number of hydrogen-bond donors (Lipinski definition) is 1. The second-order valence-corrected chi connectivity index (χ2v) is 0.716. The summed E-state index contributed by atoms with van der Waals surface area (Å²) < 4.78 is 4.44. The van der Waals surface area contributed by atoms with E-state index in [1.807, 2.05) is 0 Å². The summed E-state index contributed by atoms with van der Waals surface area (Å²) in [7, 11) is 1.55. The van der Waals surface area contributed by atoms with E-state index in [2.05, 4.69) is 4.74 Å². The first kappa shape index (κ1) is 15.8. The molecule has 0 atom stereocenters. The van der Waals surface area contributed by atoms with E-state index in [1.165, 1.54) is 0 Å². The monoisotopic (exact) mass is 234 g/mol. The van der Waals surface area contributed by atoms with Gasteiger partial charge >= 0.3 is 48.9 Å². The third-order valence-electron chi connectivity index (χ3n) is 0.295. The topological polar surface area (TPSA) is 61.0 Å². The Morgan fingerprint density at radius 2 is 2.00 bits per heavy atom. The van der Waals surface area contributed by atoms with E-state index >= 15 is 0 Å². The molecule has 4 heteroatoms. The van der Waals surface area contributed by atoms with Crippen LogP contribution < -0.4 is 0 Å². The normalized spacial score (nSPS) is 6.00. The van der Waals surface area contributed by atoms with E-state index in [9.17, 15) is 0 Å². The number of ether oxygens (including phenoxy) is 1. The number of rotatable bonds is 2. The van der Waals surface area contributed by atoms with Crippen molar-refractivity contribution in [3.8, 4) is 0 Å². The molecular weight excluding hydrogens is 221 g/mol. The predicted molar refractivity (Wildman–Crippen MR) is 31.1 cm³/mol. The Morgan fingerprint density at radius 3 is 2.00 bits per heavy atom. The Morgan fingerprint density at radius 1 is 1.57 bits per heavy atom. The Labute approximate surface area is 83.4 Å². The number of aliphatic hydroxyl groups excluding tert-OH is 1. The SMILES string of the molecule is COCCO.O.[BaH2]. The van der Waals surface area contributed by atoms with Crippen LogP contribution in [0.1, 0.15) is 0 Å². The fourth-order valence-electron chi connectivity index (χ4n) is 0.0913. The second kappa shape index (κ2) is 15.7. The summed E-state index contributed by atoms with van der Waals surface area (Å²) >= 11 is 0. The van der Waals surface area contributed by atoms with Crippen molar-refractivity contribution in [2.24, 2.45) is 0 Å². The molecule has 0 rings (SSSR count). The molecule has 0 radical (unpaired) electrons. The van der Waals surface area contributed by atoms with Crippen LogP contribution in [0.3, 0.4) is 0 Å². The molecule has 0 saturated heterocycles. The van der Waals surface area contributed by atoms with Gasteiger partial charge in [-0.3, -0.25) is 0 Å². The first-order valence-corrected chi connectivity index (χ1v) is 1.51. The fraction of sp³-hybridized carbons (Fsp3) is 1.00. The molecule has 44 valence electrons. The average molecular weight is 233 g/mol. The van der Waals surface area contributed by atoms with Gasteiger partial charge in [-0.05, 0) is 0 Å². The minimum atomic E-state index is 0. The summed E-state index contributed by atoms with van der Waals surface area (Å²) in [6.07, 6.45) is 0. The first-order chi connectivity index (χ1) is 2.41. The second-order valence-electron chi connectivity index (χ2n) is 0.716. The molecule has 0 aliphatic carbocycles. The third kappa shape index (κ3) is 18.6. The van der Waals surface area contributed by atoms with Crippen LogP contribution in [0.4, 0.5) is 0 Å². The van der Waals surface area contributed by atoms with Gasteiger partial charge in [0, 0.05) is 7.11 Å². The molecule has 0 aromatic heterocycles. The Balaban J connectivity index is -0.0000000800. The van der Waals surface area contributed by atoms with E-state index in [1.54, 1.807) is 7.11 Å². The maximum atomic E-state index is 7.94. The molecule has 0 spiro atoms. The molecule has 3 nitrogen and oxygen atoms in total. The number of aliphatic hydroxyl groups is 1. The van der Waals surface area contributed by atoms with Gasteiger partial charge < -0.3 is 15.3 Å². The molecule has 0 unspecified atom stereocenters. The Kier molecular flexibility index (Phi) is 35.3. The average Bonchev–Trinajstić information content (AvgIpc) is 1.41. The molecule has 7 heavy (non-hydrogen) atoms. The number of hydrogen-bond acceptors (Lipinski definition) is 2. The zero-order valence-electron chi connectivity index (χ0n) is 3.77. The van der Waals surface area contributed by atoms with Crippen LogP contribution in [0, 0.1) is 0 Å². The molecule has 0 fully saturated rings. The Hall–Kier alpha value is 1.45. The number of methoxy groups -OCH3 is 1. The third-order valence-corrected chi connectivity index (χ3v) is 0.295. The Bertz CT molecular complexity index is 17.7. The maximum absolute atomic E-state index is 7.94.